The SMILES string of the molecule is O=CC[C@@H]1C(=O)C[C@H]2C=C[C@@H]1C2. The summed E-state index contributed by atoms with van der Waals surface area (Å²) >= 11 is 0. The van der Waals surface area contributed by atoms with Crippen LogP contribution in [0.2, 0.25) is 0 Å². The van der Waals surface area contributed by atoms with Crippen LogP contribution in [0.5, 0.6) is 0 Å². The first-order valence-corrected chi connectivity index (χ1v) is 4.46. The third-order valence-corrected chi connectivity index (χ3v) is 2.95. The van der Waals surface area contributed by atoms with E-state index in [0.717, 1.165) is 12.7 Å². The summed E-state index contributed by atoms with van der Waals surface area (Å²) in [6, 6.07) is 0. The third kappa shape index (κ3) is 1.11. The molecule has 0 radical (unpaired) electrons. The lowest BCUT2D eigenvalue weighted by Gasteiger charge is -2.25. The second-order valence-electron chi connectivity index (χ2n) is 3.72. The molecule has 1 fully saturated rings. The molecule has 0 aromatic heterocycles. The molecule has 1 saturated carbocycles. The summed E-state index contributed by atoms with van der Waals surface area (Å²) in [5, 5.41) is 0. The van der Waals surface area contributed by atoms with E-state index in [2.05, 4.69) is 12.2 Å². The van der Waals surface area contributed by atoms with E-state index in [0.29, 0.717) is 24.7 Å². The molecule has 0 saturated heterocycles. The number of carbonyl (C=O) groups excluding carboxylic acids is 2. The lowest BCUT2D eigenvalue weighted by molar-refractivity contribution is -0.128. The van der Waals surface area contributed by atoms with Crippen LogP contribution in [0, 0.1) is 17.8 Å². The quantitative estimate of drug-likeness (QED) is 0.456. The lowest BCUT2D eigenvalue weighted by Crippen LogP contribution is -2.28. The third-order valence-electron chi connectivity index (χ3n) is 2.95. The molecule has 0 heterocycles. The lowest BCUT2D eigenvalue weighted by atomic mass is 9.77. The van der Waals surface area contributed by atoms with E-state index in [-0.39, 0.29) is 11.7 Å². The van der Waals surface area contributed by atoms with Crippen molar-refractivity contribution in [3.8, 4) is 0 Å². The van der Waals surface area contributed by atoms with Gasteiger partial charge in [0.1, 0.15) is 12.1 Å². The minimum atomic E-state index is -0.00231. The molecule has 0 aliphatic heterocycles. The van der Waals surface area contributed by atoms with E-state index >= 15 is 0 Å². The summed E-state index contributed by atoms with van der Waals surface area (Å²) in [5.41, 5.74) is 0. The Bertz CT molecular complexity index is 242. The van der Waals surface area contributed by atoms with Crippen LogP contribution in [0.4, 0.5) is 0 Å². The van der Waals surface area contributed by atoms with Crippen LogP contribution in [-0.4, -0.2) is 12.1 Å². The number of hydrogen-bond acceptors (Lipinski definition) is 2. The van der Waals surface area contributed by atoms with E-state index in [9.17, 15) is 9.59 Å². The monoisotopic (exact) mass is 164 g/mol. The Kier molecular flexibility index (Phi) is 1.83. The van der Waals surface area contributed by atoms with Gasteiger partial charge in [0.15, 0.2) is 0 Å². The summed E-state index contributed by atoms with van der Waals surface area (Å²) in [6.45, 7) is 0. The van der Waals surface area contributed by atoms with Gasteiger partial charge in [0.25, 0.3) is 0 Å². The topological polar surface area (TPSA) is 34.1 Å². The molecule has 2 nitrogen and oxygen atoms in total. The highest BCUT2D eigenvalue weighted by molar-refractivity contribution is 5.85. The van der Waals surface area contributed by atoms with E-state index in [4.69, 9.17) is 0 Å². The summed E-state index contributed by atoms with van der Waals surface area (Å²) in [7, 11) is 0. The number of ketones is 1. The molecular formula is C10H12O2. The summed E-state index contributed by atoms with van der Waals surface area (Å²) in [5.74, 6) is 1.12. The van der Waals surface area contributed by atoms with Crippen molar-refractivity contribution >= 4 is 12.1 Å². The van der Waals surface area contributed by atoms with Gasteiger partial charge in [-0.1, -0.05) is 12.2 Å². The molecule has 2 aliphatic rings. The highest BCUT2D eigenvalue weighted by atomic mass is 16.1. The summed E-state index contributed by atoms with van der Waals surface area (Å²) in [6.07, 6.45) is 7.28. The van der Waals surface area contributed by atoms with Gasteiger partial charge in [-0.3, -0.25) is 4.79 Å². The van der Waals surface area contributed by atoms with Crippen molar-refractivity contribution in [3.63, 3.8) is 0 Å². The van der Waals surface area contributed by atoms with Crippen molar-refractivity contribution in [3.05, 3.63) is 12.2 Å². The van der Waals surface area contributed by atoms with E-state index in [1.54, 1.807) is 0 Å². The molecule has 2 bridgehead atoms. The van der Waals surface area contributed by atoms with E-state index in [1.807, 2.05) is 0 Å². The first kappa shape index (κ1) is 7.71. The predicted molar refractivity (Wildman–Crippen MR) is 44.5 cm³/mol. The Morgan fingerprint density at radius 1 is 1.50 bits per heavy atom. The first-order chi connectivity index (χ1) is 5.81. The Balaban J connectivity index is 2.14. The predicted octanol–water partition coefficient (Wildman–Crippen LogP) is 1.36. The Morgan fingerprint density at radius 3 is 3.08 bits per heavy atom. The number of carbonyl (C=O) groups is 2. The minimum Gasteiger partial charge on any atom is -0.303 e. The molecule has 2 aliphatic carbocycles. The minimum absolute atomic E-state index is 0.00231. The van der Waals surface area contributed by atoms with Crippen LogP contribution in [0.15, 0.2) is 12.2 Å². The molecule has 0 N–H and O–H groups in total. The molecule has 2 heteroatoms. The Hall–Kier alpha value is -0.920. The number of hydrogen-bond donors (Lipinski definition) is 0. The van der Waals surface area contributed by atoms with E-state index in [1.165, 1.54) is 0 Å². The average molecular weight is 164 g/mol. The average Bonchev–Trinajstić information content (AvgIpc) is 2.43. The van der Waals surface area contributed by atoms with Gasteiger partial charge in [-0.05, 0) is 18.3 Å². The fourth-order valence-corrected chi connectivity index (χ4v) is 2.31. The van der Waals surface area contributed by atoms with Crippen LogP contribution in [-0.2, 0) is 9.59 Å². The van der Waals surface area contributed by atoms with Crippen molar-refractivity contribution < 1.29 is 9.59 Å². The van der Waals surface area contributed by atoms with Gasteiger partial charge in [0, 0.05) is 18.8 Å². The van der Waals surface area contributed by atoms with Gasteiger partial charge in [-0.25, -0.2) is 0 Å². The van der Waals surface area contributed by atoms with Crippen molar-refractivity contribution in [1.82, 2.24) is 0 Å². The second kappa shape index (κ2) is 2.85. The molecular weight excluding hydrogens is 152 g/mol. The van der Waals surface area contributed by atoms with Crippen LogP contribution in [0.25, 0.3) is 0 Å². The van der Waals surface area contributed by atoms with Crippen molar-refractivity contribution in [1.29, 1.82) is 0 Å². The summed E-state index contributed by atoms with van der Waals surface area (Å²) < 4.78 is 0. The highest BCUT2D eigenvalue weighted by Gasteiger charge is 2.37. The van der Waals surface area contributed by atoms with Gasteiger partial charge in [0.05, 0.1) is 0 Å². The fraction of sp³-hybridized carbons (Fsp3) is 0.600. The van der Waals surface area contributed by atoms with Gasteiger partial charge < -0.3 is 4.79 Å². The smallest absolute Gasteiger partial charge is 0.137 e. The number of rotatable bonds is 2. The summed E-state index contributed by atoms with van der Waals surface area (Å²) in [4.78, 5) is 21.8. The maximum atomic E-state index is 11.4. The normalized spacial score (nSPS) is 38.7. The molecule has 0 spiro atoms. The van der Waals surface area contributed by atoms with Crippen LogP contribution in [0.1, 0.15) is 19.3 Å². The van der Waals surface area contributed by atoms with Crippen LogP contribution in [0.3, 0.4) is 0 Å². The molecule has 2 rings (SSSR count). The molecule has 0 aromatic rings. The fourth-order valence-electron chi connectivity index (χ4n) is 2.31. The largest absolute Gasteiger partial charge is 0.303 e. The Labute approximate surface area is 71.6 Å². The van der Waals surface area contributed by atoms with Crippen LogP contribution < -0.4 is 0 Å². The van der Waals surface area contributed by atoms with Gasteiger partial charge >= 0.3 is 0 Å². The number of allylic oxidation sites excluding steroid dienone is 2. The van der Waals surface area contributed by atoms with Gasteiger partial charge in [-0.15, -0.1) is 0 Å². The van der Waals surface area contributed by atoms with Crippen LogP contribution >= 0.6 is 0 Å². The Morgan fingerprint density at radius 2 is 2.33 bits per heavy atom. The maximum Gasteiger partial charge on any atom is 0.137 e. The number of fused-ring (bicyclic) bond motifs is 2. The zero-order valence-electron chi connectivity index (χ0n) is 6.90. The van der Waals surface area contributed by atoms with Crippen molar-refractivity contribution in [2.45, 2.75) is 19.3 Å². The molecule has 3 atom stereocenters. The van der Waals surface area contributed by atoms with Gasteiger partial charge in [-0.2, -0.15) is 0 Å². The zero-order valence-corrected chi connectivity index (χ0v) is 6.90. The molecule has 12 heavy (non-hydrogen) atoms. The first-order valence-electron chi connectivity index (χ1n) is 4.46. The highest BCUT2D eigenvalue weighted by Crippen LogP contribution is 2.39. The molecule has 0 amide bonds. The molecule has 0 unspecified atom stereocenters. The standard InChI is InChI=1S/C10H12O2/c11-4-3-9-8-2-1-7(5-8)6-10(9)12/h1-2,4,7-9H,3,5-6H2/t7-,8+,9-/m0/s1. The zero-order chi connectivity index (χ0) is 8.55. The number of aldehydes is 1. The van der Waals surface area contributed by atoms with Crippen molar-refractivity contribution in [2.75, 3.05) is 0 Å². The second-order valence-corrected chi connectivity index (χ2v) is 3.72. The van der Waals surface area contributed by atoms with Gasteiger partial charge in [0.2, 0.25) is 0 Å². The van der Waals surface area contributed by atoms with E-state index < -0.39 is 0 Å². The molecule has 0 aromatic carbocycles. The maximum absolute atomic E-state index is 11.4. The number of Topliss-reactive ketones (excluding diaryl/α,β-unsaturated/α-hetero) is 1. The van der Waals surface area contributed by atoms with Crippen molar-refractivity contribution in [2.24, 2.45) is 17.8 Å². The molecule has 64 valence electrons.